The number of carbonyl (C=O) groups is 1. The Labute approximate surface area is 117 Å². The van der Waals surface area contributed by atoms with Crippen LogP contribution in [0.5, 0.6) is 0 Å². The second kappa shape index (κ2) is 6.19. The molecule has 0 saturated heterocycles. The molecule has 5 nitrogen and oxygen atoms in total. The third-order valence-electron chi connectivity index (χ3n) is 3.46. The van der Waals surface area contributed by atoms with E-state index in [1.165, 1.54) is 18.2 Å². The van der Waals surface area contributed by atoms with Crippen LogP contribution in [-0.4, -0.2) is 42.2 Å². The Kier molecular flexibility index (Phi) is 4.57. The molecule has 0 atom stereocenters. The smallest absolute Gasteiger partial charge is 0.238 e. The summed E-state index contributed by atoms with van der Waals surface area (Å²) in [7, 11) is 1.83. The van der Waals surface area contributed by atoms with Gasteiger partial charge in [0.1, 0.15) is 5.82 Å². The van der Waals surface area contributed by atoms with Gasteiger partial charge in [-0.25, -0.2) is 4.39 Å². The number of carbonyl (C=O) groups excluding carboxylic acids is 1. The number of hydrogen-bond donors (Lipinski definition) is 3. The number of nitrogens with one attached hydrogen (secondary N) is 1. The van der Waals surface area contributed by atoms with Gasteiger partial charge >= 0.3 is 0 Å². The third-order valence-corrected chi connectivity index (χ3v) is 3.46. The Hall–Kier alpha value is -1.66. The van der Waals surface area contributed by atoms with Gasteiger partial charge in [0.2, 0.25) is 5.91 Å². The minimum atomic E-state index is -0.502. The van der Waals surface area contributed by atoms with Crippen molar-refractivity contribution in [2.75, 3.05) is 31.2 Å². The topological polar surface area (TPSA) is 78.6 Å². The normalized spacial score (nSPS) is 21.6. The predicted molar refractivity (Wildman–Crippen MR) is 75.7 cm³/mol. The molecule has 6 heteroatoms. The summed E-state index contributed by atoms with van der Waals surface area (Å²) in [4.78, 5) is 13.7. The maximum Gasteiger partial charge on any atom is 0.238 e. The molecule has 1 aromatic rings. The van der Waals surface area contributed by atoms with Gasteiger partial charge in [0.15, 0.2) is 0 Å². The monoisotopic (exact) mass is 281 g/mol. The van der Waals surface area contributed by atoms with Crippen LogP contribution in [0.25, 0.3) is 0 Å². The molecule has 0 aromatic heterocycles. The molecule has 4 N–H and O–H groups in total. The number of halogens is 1. The van der Waals surface area contributed by atoms with Gasteiger partial charge < -0.3 is 16.2 Å². The fourth-order valence-corrected chi connectivity index (χ4v) is 2.43. The Balaban J connectivity index is 1.81. The minimum Gasteiger partial charge on any atom is -0.399 e. The average molecular weight is 281 g/mol. The number of amides is 1. The summed E-state index contributed by atoms with van der Waals surface area (Å²) >= 11 is 0. The van der Waals surface area contributed by atoms with E-state index in [4.69, 9.17) is 5.73 Å². The first-order valence-electron chi connectivity index (χ1n) is 6.65. The van der Waals surface area contributed by atoms with Gasteiger partial charge in [0, 0.05) is 12.2 Å². The van der Waals surface area contributed by atoms with Crippen molar-refractivity contribution in [2.24, 2.45) is 5.92 Å². The maximum absolute atomic E-state index is 13.5. The zero-order valence-electron chi connectivity index (χ0n) is 11.5. The van der Waals surface area contributed by atoms with Gasteiger partial charge in [0.25, 0.3) is 0 Å². The fraction of sp³-hybridized carbons (Fsp3) is 0.500. The molecule has 0 spiro atoms. The molecule has 1 aliphatic rings. The van der Waals surface area contributed by atoms with Crippen molar-refractivity contribution in [1.29, 1.82) is 0 Å². The van der Waals surface area contributed by atoms with E-state index in [2.05, 4.69) is 5.32 Å². The van der Waals surface area contributed by atoms with E-state index in [9.17, 15) is 14.3 Å². The van der Waals surface area contributed by atoms with E-state index in [-0.39, 0.29) is 24.2 Å². The van der Waals surface area contributed by atoms with Gasteiger partial charge in [-0.1, -0.05) is 0 Å². The Morgan fingerprint density at radius 2 is 2.25 bits per heavy atom. The van der Waals surface area contributed by atoms with Gasteiger partial charge in [-0.15, -0.1) is 0 Å². The van der Waals surface area contributed by atoms with Crippen LogP contribution in [0.15, 0.2) is 18.2 Å². The molecule has 1 saturated carbocycles. The van der Waals surface area contributed by atoms with Gasteiger partial charge in [-0.2, -0.15) is 0 Å². The lowest BCUT2D eigenvalue weighted by Crippen LogP contribution is -2.40. The van der Waals surface area contributed by atoms with Crippen LogP contribution >= 0.6 is 0 Å². The summed E-state index contributed by atoms with van der Waals surface area (Å²) in [6, 6.07) is 4.07. The number of rotatable bonds is 5. The van der Waals surface area contributed by atoms with Crippen molar-refractivity contribution in [1.82, 2.24) is 4.90 Å². The number of anilines is 2. The summed E-state index contributed by atoms with van der Waals surface area (Å²) in [6.07, 6.45) is 1.38. The number of nitrogens with two attached hydrogens (primary N) is 1. The molecule has 1 amide bonds. The number of aliphatic hydroxyl groups excluding tert-OH is 1. The van der Waals surface area contributed by atoms with Crippen molar-refractivity contribution < 1.29 is 14.3 Å². The molecule has 0 unspecified atom stereocenters. The summed E-state index contributed by atoms with van der Waals surface area (Å²) in [5.41, 5.74) is 6.06. The number of nitrogen functional groups attached to an aromatic ring is 1. The van der Waals surface area contributed by atoms with Crippen molar-refractivity contribution in [3.05, 3.63) is 24.0 Å². The molecule has 1 fully saturated rings. The number of aliphatic hydroxyl groups is 1. The third kappa shape index (κ3) is 3.91. The lowest BCUT2D eigenvalue weighted by molar-refractivity contribution is -0.117. The SMILES string of the molecule is CN(CC(=O)Nc1cc(N)ccc1F)CC1CC(O)C1. The average Bonchev–Trinajstić information content (AvgIpc) is 2.31. The Morgan fingerprint density at radius 1 is 1.55 bits per heavy atom. The molecule has 20 heavy (non-hydrogen) atoms. The van der Waals surface area contributed by atoms with Gasteiger partial charge in [-0.3, -0.25) is 9.69 Å². The van der Waals surface area contributed by atoms with Crippen molar-refractivity contribution in [3.8, 4) is 0 Å². The molecule has 1 aromatic carbocycles. The largest absolute Gasteiger partial charge is 0.399 e. The number of nitrogens with zero attached hydrogens (tertiary/aromatic N) is 1. The van der Waals surface area contributed by atoms with Crippen molar-refractivity contribution in [2.45, 2.75) is 18.9 Å². The van der Waals surface area contributed by atoms with E-state index >= 15 is 0 Å². The molecular formula is C14H20FN3O2. The molecule has 110 valence electrons. The second-order valence-electron chi connectivity index (χ2n) is 5.48. The van der Waals surface area contributed by atoms with E-state index in [0.717, 1.165) is 19.4 Å². The molecule has 0 heterocycles. The highest BCUT2D eigenvalue weighted by Gasteiger charge is 2.28. The molecule has 0 radical (unpaired) electrons. The molecular weight excluding hydrogens is 261 g/mol. The lowest BCUT2D eigenvalue weighted by atomic mass is 9.82. The van der Waals surface area contributed by atoms with Crippen LogP contribution in [0.2, 0.25) is 0 Å². The first-order valence-corrected chi connectivity index (χ1v) is 6.65. The zero-order valence-corrected chi connectivity index (χ0v) is 11.5. The van der Waals surface area contributed by atoms with Crippen LogP contribution in [0.1, 0.15) is 12.8 Å². The quantitative estimate of drug-likeness (QED) is 0.705. The van der Waals surface area contributed by atoms with Crippen molar-refractivity contribution >= 4 is 17.3 Å². The van der Waals surface area contributed by atoms with Gasteiger partial charge in [0.05, 0.1) is 18.3 Å². The highest BCUT2D eigenvalue weighted by molar-refractivity contribution is 5.92. The number of benzene rings is 1. The first kappa shape index (κ1) is 14.7. The predicted octanol–water partition coefficient (Wildman–Crippen LogP) is 1.05. The second-order valence-corrected chi connectivity index (χ2v) is 5.48. The molecule has 1 aliphatic carbocycles. The summed E-state index contributed by atoms with van der Waals surface area (Å²) < 4.78 is 13.5. The highest BCUT2D eigenvalue weighted by Crippen LogP contribution is 2.27. The minimum absolute atomic E-state index is 0.0995. The van der Waals surface area contributed by atoms with Crippen LogP contribution in [0.4, 0.5) is 15.8 Å². The van der Waals surface area contributed by atoms with Crippen LogP contribution < -0.4 is 11.1 Å². The Bertz CT molecular complexity index is 489. The fourth-order valence-electron chi connectivity index (χ4n) is 2.43. The summed E-state index contributed by atoms with van der Waals surface area (Å²) in [5.74, 6) is -0.346. The Morgan fingerprint density at radius 3 is 2.90 bits per heavy atom. The standard InChI is InChI=1S/C14H20FN3O2/c1-18(7-9-4-11(19)5-9)8-14(20)17-13-6-10(16)2-3-12(13)15/h2-3,6,9,11,19H,4-5,7-8,16H2,1H3,(H,17,20). The summed E-state index contributed by atoms with van der Waals surface area (Å²) in [6.45, 7) is 0.935. The van der Waals surface area contributed by atoms with E-state index in [1.807, 2.05) is 11.9 Å². The highest BCUT2D eigenvalue weighted by atomic mass is 19.1. The van der Waals surface area contributed by atoms with E-state index in [0.29, 0.717) is 11.6 Å². The molecule has 0 aliphatic heterocycles. The zero-order chi connectivity index (χ0) is 14.7. The molecule has 0 bridgehead atoms. The van der Waals surface area contributed by atoms with Crippen LogP contribution in [-0.2, 0) is 4.79 Å². The van der Waals surface area contributed by atoms with Crippen LogP contribution in [0, 0.1) is 11.7 Å². The van der Waals surface area contributed by atoms with E-state index < -0.39 is 5.82 Å². The first-order chi connectivity index (χ1) is 9.44. The maximum atomic E-state index is 13.5. The number of hydrogen-bond acceptors (Lipinski definition) is 4. The molecule has 2 rings (SSSR count). The number of likely N-dealkylation sites (N-methyl/N-ethyl adjacent to an activating group) is 1. The lowest BCUT2D eigenvalue weighted by Gasteiger charge is -2.34. The van der Waals surface area contributed by atoms with Crippen molar-refractivity contribution in [3.63, 3.8) is 0 Å². The summed E-state index contributed by atoms with van der Waals surface area (Å²) in [5, 5.41) is 11.7. The van der Waals surface area contributed by atoms with Gasteiger partial charge in [-0.05, 0) is 44.0 Å². The van der Waals surface area contributed by atoms with Crippen LogP contribution in [0.3, 0.4) is 0 Å². The van der Waals surface area contributed by atoms with E-state index in [1.54, 1.807) is 0 Å².